The highest BCUT2D eigenvalue weighted by molar-refractivity contribution is 6.08. The quantitative estimate of drug-likeness (QED) is 0.366. The maximum Gasteiger partial charge on any atom is 0.283 e. The highest BCUT2D eigenvalue weighted by Crippen LogP contribution is 2.34. The van der Waals surface area contributed by atoms with Crippen molar-refractivity contribution in [3.05, 3.63) is 46.0 Å². The second kappa shape index (κ2) is 8.67. The molecule has 1 heterocycles. The summed E-state index contributed by atoms with van der Waals surface area (Å²) in [6, 6.07) is 7.99. The van der Waals surface area contributed by atoms with E-state index in [0.717, 1.165) is 5.39 Å². The fourth-order valence-electron chi connectivity index (χ4n) is 2.19. The van der Waals surface area contributed by atoms with Crippen LogP contribution >= 0.6 is 0 Å². The van der Waals surface area contributed by atoms with Gasteiger partial charge in [-0.05, 0) is 18.2 Å². The van der Waals surface area contributed by atoms with E-state index >= 15 is 0 Å². The van der Waals surface area contributed by atoms with E-state index in [1.165, 1.54) is 12.1 Å². The summed E-state index contributed by atoms with van der Waals surface area (Å²) in [7, 11) is 1.54. The molecule has 0 saturated heterocycles. The van der Waals surface area contributed by atoms with E-state index < -0.39 is 4.92 Å². The molecule has 0 spiro atoms. The van der Waals surface area contributed by atoms with Gasteiger partial charge in [-0.3, -0.25) is 14.9 Å². The first-order valence-electron chi connectivity index (χ1n) is 7.78. The molecular formula is C18H21NO5. The third kappa shape index (κ3) is 3.53. The van der Waals surface area contributed by atoms with Crippen LogP contribution in [0, 0.1) is 10.1 Å². The third-order valence-electron chi connectivity index (χ3n) is 3.15. The average molecular weight is 331 g/mol. The number of carbonyl (C=O) groups excluding carboxylic acids is 1. The number of hydrogen-bond acceptors (Lipinski definition) is 5. The Balaban J connectivity index is 0.000000671. The second-order valence-corrected chi connectivity index (χ2v) is 4.25. The van der Waals surface area contributed by atoms with E-state index in [1.807, 2.05) is 27.7 Å². The van der Waals surface area contributed by atoms with Gasteiger partial charge in [0.1, 0.15) is 16.9 Å². The Bertz CT molecular complexity index is 851. The van der Waals surface area contributed by atoms with Crippen molar-refractivity contribution in [3.8, 4) is 5.75 Å². The van der Waals surface area contributed by atoms with Crippen LogP contribution in [0.2, 0.25) is 0 Å². The zero-order valence-electron chi connectivity index (χ0n) is 14.5. The van der Waals surface area contributed by atoms with Crippen LogP contribution in [0.5, 0.6) is 5.75 Å². The number of nitrogens with zero attached hydrogens (tertiary/aromatic N) is 1. The first kappa shape index (κ1) is 19.2. The van der Waals surface area contributed by atoms with Crippen molar-refractivity contribution in [2.24, 2.45) is 0 Å². The molecule has 0 N–H and O–H groups in total. The largest absolute Gasteiger partial charge is 0.497 e. The summed E-state index contributed by atoms with van der Waals surface area (Å²) in [6.45, 7) is 8.00. The summed E-state index contributed by atoms with van der Waals surface area (Å²) in [5.74, 6) is 0.627. The molecule has 0 radical (unpaired) electrons. The number of nitro benzene ring substituents is 1. The van der Waals surface area contributed by atoms with Crippen LogP contribution < -0.4 is 4.74 Å². The van der Waals surface area contributed by atoms with Crippen LogP contribution in [-0.4, -0.2) is 18.3 Å². The Hall–Kier alpha value is -2.89. The van der Waals surface area contributed by atoms with E-state index in [4.69, 9.17) is 9.15 Å². The van der Waals surface area contributed by atoms with Crippen LogP contribution in [0.4, 0.5) is 5.69 Å². The van der Waals surface area contributed by atoms with Gasteiger partial charge in [0.05, 0.1) is 23.7 Å². The molecule has 0 fully saturated rings. The van der Waals surface area contributed by atoms with Gasteiger partial charge in [-0.25, -0.2) is 0 Å². The number of rotatable bonds is 3. The number of hydrogen-bond donors (Lipinski definition) is 0. The molecule has 3 rings (SSSR count). The van der Waals surface area contributed by atoms with Crippen LogP contribution in [0.15, 0.2) is 34.7 Å². The number of ether oxygens (including phenoxy) is 1. The van der Waals surface area contributed by atoms with Gasteiger partial charge in [0.25, 0.3) is 5.69 Å². The van der Waals surface area contributed by atoms with Gasteiger partial charge in [0.15, 0.2) is 6.29 Å². The summed E-state index contributed by atoms with van der Waals surface area (Å²) in [5.41, 5.74) is 0.682. The van der Waals surface area contributed by atoms with Crippen molar-refractivity contribution in [1.29, 1.82) is 0 Å². The average Bonchev–Trinajstić information content (AvgIpc) is 3.00. The molecule has 6 heteroatoms. The Kier molecular flexibility index (Phi) is 6.92. The number of fused-ring (bicyclic) bond motifs is 3. The summed E-state index contributed by atoms with van der Waals surface area (Å²) in [6.07, 6.45) is 0.472. The third-order valence-corrected chi connectivity index (χ3v) is 3.15. The maximum absolute atomic E-state index is 11.0. The Morgan fingerprint density at radius 2 is 1.67 bits per heavy atom. The molecule has 2 aromatic carbocycles. The first-order valence-corrected chi connectivity index (χ1v) is 7.78. The smallest absolute Gasteiger partial charge is 0.283 e. The van der Waals surface area contributed by atoms with Crippen LogP contribution in [0.25, 0.3) is 21.9 Å². The topological polar surface area (TPSA) is 82.6 Å². The van der Waals surface area contributed by atoms with E-state index in [0.29, 0.717) is 28.6 Å². The molecule has 0 bridgehead atoms. The van der Waals surface area contributed by atoms with Crippen molar-refractivity contribution in [2.75, 3.05) is 7.11 Å². The van der Waals surface area contributed by atoms with Crippen molar-refractivity contribution in [2.45, 2.75) is 27.7 Å². The predicted octanol–water partition coefficient (Wildman–Crippen LogP) is 5.37. The SMILES string of the molecule is CC.CC.COc1ccc2c(c1)oc1cc([N+](=O)[O-])c(C=O)cc12. The van der Waals surface area contributed by atoms with Crippen LogP contribution in [0.3, 0.4) is 0 Å². The van der Waals surface area contributed by atoms with Crippen molar-refractivity contribution in [1.82, 2.24) is 0 Å². The summed E-state index contributed by atoms with van der Waals surface area (Å²) in [4.78, 5) is 21.3. The minimum atomic E-state index is -0.600. The molecule has 0 aliphatic rings. The van der Waals surface area contributed by atoms with Crippen molar-refractivity contribution >= 4 is 33.9 Å². The normalized spacial score (nSPS) is 9.54. The van der Waals surface area contributed by atoms with Gasteiger partial charge >= 0.3 is 0 Å². The van der Waals surface area contributed by atoms with Crippen LogP contribution in [0.1, 0.15) is 38.1 Å². The highest BCUT2D eigenvalue weighted by Gasteiger charge is 2.18. The highest BCUT2D eigenvalue weighted by atomic mass is 16.6. The van der Waals surface area contributed by atoms with Gasteiger partial charge in [-0.1, -0.05) is 27.7 Å². The van der Waals surface area contributed by atoms with Gasteiger partial charge in [-0.2, -0.15) is 0 Å². The molecule has 24 heavy (non-hydrogen) atoms. The molecule has 0 aliphatic carbocycles. The summed E-state index contributed by atoms with van der Waals surface area (Å²) < 4.78 is 10.7. The number of carbonyl (C=O) groups is 1. The maximum atomic E-state index is 11.0. The van der Waals surface area contributed by atoms with Gasteiger partial charge in [0.2, 0.25) is 0 Å². The second-order valence-electron chi connectivity index (χ2n) is 4.25. The van der Waals surface area contributed by atoms with Crippen molar-refractivity contribution < 1.29 is 18.9 Å². The molecule has 0 aliphatic heterocycles. The number of benzene rings is 2. The number of nitro groups is 1. The van der Waals surface area contributed by atoms with Crippen molar-refractivity contribution in [3.63, 3.8) is 0 Å². The van der Waals surface area contributed by atoms with E-state index in [-0.39, 0.29) is 11.3 Å². The minimum absolute atomic E-state index is 0.0287. The lowest BCUT2D eigenvalue weighted by atomic mass is 10.1. The molecule has 128 valence electrons. The number of methoxy groups -OCH3 is 1. The molecule has 0 unspecified atom stereocenters. The molecule has 0 atom stereocenters. The number of aldehydes is 1. The Morgan fingerprint density at radius 3 is 2.21 bits per heavy atom. The Labute approximate surface area is 140 Å². The van der Waals surface area contributed by atoms with Gasteiger partial charge in [-0.15, -0.1) is 0 Å². The molecule has 0 amide bonds. The predicted molar refractivity (Wildman–Crippen MR) is 95.0 cm³/mol. The zero-order valence-corrected chi connectivity index (χ0v) is 14.5. The first-order chi connectivity index (χ1) is 11.6. The lowest BCUT2D eigenvalue weighted by Crippen LogP contribution is -1.93. The van der Waals surface area contributed by atoms with Crippen LogP contribution in [-0.2, 0) is 0 Å². The van der Waals surface area contributed by atoms with Gasteiger partial charge in [0, 0.05) is 16.8 Å². The molecule has 3 aromatic rings. The molecule has 1 aromatic heterocycles. The molecular weight excluding hydrogens is 310 g/mol. The standard InChI is InChI=1S/C14H9NO5.2C2H6/c1-19-9-2-3-10-11-4-8(7-16)12(15(17)18)6-14(11)20-13(10)5-9;2*1-2/h2-7H,1H3;2*1-2H3. The molecule has 6 nitrogen and oxygen atoms in total. The fourth-order valence-corrected chi connectivity index (χ4v) is 2.19. The monoisotopic (exact) mass is 331 g/mol. The van der Waals surface area contributed by atoms with E-state index in [2.05, 4.69) is 0 Å². The fraction of sp³-hybridized carbons (Fsp3) is 0.278. The van der Waals surface area contributed by atoms with E-state index in [1.54, 1.807) is 25.3 Å². The zero-order chi connectivity index (χ0) is 18.3. The number of furan rings is 1. The summed E-state index contributed by atoms with van der Waals surface area (Å²) in [5, 5.41) is 12.4. The lowest BCUT2D eigenvalue weighted by molar-refractivity contribution is -0.385. The minimum Gasteiger partial charge on any atom is -0.497 e. The van der Waals surface area contributed by atoms with E-state index in [9.17, 15) is 14.9 Å². The Morgan fingerprint density at radius 1 is 1.04 bits per heavy atom. The molecule has 0 saturated carbocycles. The lowest BCUT2D eigenvalue weighted by Gasteiger charge is -1.97. The summed E-state index contributed by atoms with van der Waals surface area (Å²) >= 11 is 0. The van der Waals surface area contributed by atoms with Gasteiger partial charge < -0.3 is 9.15 Å².